The molecule has 0 unspecified atom stereocenters. The third-order valence-corrected chi connectivity index (χ3v) is 4.08. The van der Waals surface area contributed by atoms with Crippen LogP contribution in [0.3, 0.4) is 0 Å². The first-order chi connectivity index (χ1) is 9.68. The van der Waals surface area contributed by atoms with E-state index in [0.717, 1.165) is 0 Å². The molecule has 0 nitrogen and oxygen atoms in total. The Morgan fingerprint density at radius 2 is 1.35 bits per heavy atom. The zero-order chi connectivity index (χ0) is 14.1. The maximum Gasteiger partial charge on any atom is -0.0103 e. The molecule has 0 atom stereocenters. The molecule has 0 aromatic heterocycles. The predicted octanol–water partition coefficient (Wildman–Crippen LogP) is 5.94. The fourth-order valence-corrected chi connectivity index (χ4v) is 3.03. The van der Waals surface area contributed by atoms with Crippen molar-refractivity contribution < 1.29 is 0 Å². The van der Waals surface area contributed by atoms with Crippen LogP contribution in [0.15, 0.2) is 60.7 Å². The zero-order valence-corrected chi connectivity index (χ0v) is 12.4. The summed E-state index contributed by atoms with van der Waals surface area (Å²) in [6.45, 7) is 6.76. The van der Waals surface area contributed by atoms with E-state index in [9.17, 15) is 0 Å². The van der Waals surface area contributed by atoms with Crippen LogP contribution in [-0.4, -0.2) is 0 Å². The minimum atomic E-state index is 0.560. The average molecular weight is 260 g/mol. The van der Waals surface area contributed by atoms with Gasteiger partial charge < -0.3 is 0 Å². The summed E-state index contributed by atoms with van der Waals surface area (Å²) in [5.74, 6) is 0.560. The smallest absolute Gasteiger partial charge is 0.0103 e. The van der Waals surface area contributed by atoms with Crippen LogP contribution >= 0.6 is 0 Å². The number of hydrogen-bond donors (Lipinski definition) is 0. The molecule has 20 heavy (non-hydrogen) atoms. The van der Waals surface area contributed by atoms with E-state index in [-0.39, 0.29) is 0 Å². The van der Waals surface area contributed by atoms with Gasteiger partial charge in [-0.3, -0.25) is 0 Å². The monoisotopic (exact) mass is 260 g/mol. The molecular weight excluding hydrogens is 240 g/mol. The Bertz CT molecular complexity index is 746. The minimum absolute atomic E-state index is 0.560. The lowest BCUT2D eigenvalue weighted by atomic mass is 9.89. The van der Waals surface area contributed by atoms with Crippen molar-refractivity contribution in [2.24, 2.45) is 0 Å². The molecule has 3 aromatic carbocycles. The Labute approximate surface area is 121 Å². The highest BCUT2D eigenvalue weighted by Gasteiger charge is 2.10. The van der Waals surface area contributed by atoms with Crippen LogP contribution in [0, 0.1) is 6.92 Å². The molecule has 0 aliphatic heterocycles. The highest BCUT2D eigenvalue weighted by Crippen LogP contribution is 2.33. The first-order valence-electron chi connectivity index (χ1n) is 7.26. The van der Waals surface area contributed by atoms with Crippen LogP contribution < -0.4 is 0 Å². The van der Waals surface area contributed by atoms with Gasteiger partial charge in [0.05, 0.1) is 0 Å². The molecule has 0 N–H and O–H groups in total. The van der Waals surface area contributed by atoms with Gasteiger partial charge in [-0.05, 0) is 45.9 Å². The lowest BCUT2D eigenvalue weighted by Gasteiger charge is -2.15. The van der Waals surface area contributed by atoms with Crippen molar-refractivity contribution in [3.8, 4) is 11.1 Å². The third-order valence-electron chi connectivity index (χ3n) is 4.08. The van der Waals surface area contributed by atoms with Gasteiger partial charge in [-0.1, -0.05) is 74.5 Å². The van der Waals surface area contributed by atoms with E-state index >= 15 is 0 Å². The summed E-state index contributed by atoms with van der Waals surface area (Å²) in [5, 5.41) is 2.64. The number of rotatable bonds is 2. The number of hydrogen-bond acceptors (Lipinski definition) is 0. The Balaban J connectivity index is 2.29. The second-order valence-corrected chi connectivity index (χ2v) is 5.70. The van der Waals surface area contributed by atoms with Crippen molar-refractivity contribution in [1.29, 1.82) is 0 Å². The van der Waals surface area contributed by atoms with Crippen molar-refractivity contribution in [2.75, 3.05) is 0 Å². The first-order valence-corrected chi connectivity index (χ1v) is 7.26. The molecule has 0 spiro atoms. The summed E-state index contributed by atoms with van der Waals surface area (Å²) >= 11 is 0. The molecular formula is C20H20. The van der Waals surface area contributed by atoms with Gasteiger partial charge in [-0.2, -0.15) is 0 Å². The summed E-state index contributed by atoms with van der Waals surface area (Å²) in [5.41, 5.74) is 5.53. The third kappa shape index (κ3) is 2.12. The molecule has 0 amide bonds. The lowest BCUT2D eigenvalue weighted by molar-refractivity contribution is 0.857. The molecule has 0 saturated heterocycles. The van der Waals surface area contributed by atoms with Gasteiger partial charge in [0.15, 0.2) is 0 Å². The van der Waals surface area contributed by atoms with Gasteiger partial charge >= 0.3 is 0 Å². The van der Waals surface area contributed by atoms with Crippen molar-refractivity contribution in [3.63, 3.8) is 0 Å². The first kappa shape index (κ1) is 12.9. The summed E-state index contributed by atoms with van der Waals surface area (Å²) in [6.07, 6.45) is 0. The molecule has 0 bridgehead atoms. The van der Waals surface area contributed by atoms with Gasteiger partial charge in [-0.25, -0.2) is 0 Å². The van der Waals surface area contributed by atoms with Gasteiger partial charge in [-0.15, -0.1) is 0 Å². The topological polar surface area (TPSA) is 0 Å². The molecule has 100 valence electrons. The van der Waals surface area contributed by atoms with E-state index < -0.39 is 0 Å². The highest BCUT2D eigenvalue weighted by molar-refractivity contribution is 5.97. The maximum atomic E-state index is 2.26. The molecule has 0 fully saturated rings. The number of fused-ring (bicyclic) bond motifs is 1. The van der Waals surface area contributed by atoms with E-state index in [1.54, 1.807) is 0 Å². The fourth-order valence-electron chi connectivity index (χ4n) is 3.03. The van der Waals surface area contributed by atoms with E-state index in [1.165, 1.54) is 33.0 Å². The van der Waals surface area contributed by atoms with Gasteiger partial charge in [0.1, 0.15) is 0 Å². The van der Waals surface area contributed by atoms with Crippen molar-refractivity contribution in [2.45, 2.75) is 26.7 Å². The Morgan fingerprint density at radius 1 is 0.700 bits per heavy atom. The Morgan fingerprint density at radius 3 is 2.15 bits per heavy atom. The van der Waals surface area contributed by atoms with Crippen LogP contribution in [0.1, 0.15) is 30.9 Å². The molecule has 0 aliphatic carbocycles. The molecule has 0 radical (unpaired) electrons. The van der Waals surface area contributed by atoms with Gasteiger partial charge in [0.2, 0.25) is 0 Å². The van der Waals surface area contributed by atoms with E-state index in [2.05, 4.69) is 81.4 Å². The van der Waals surface area contributed by atoms with E-state index in [1.807, 2.05) is 0 Å². The summed E-state index contributed by atoms with van der Waals surface area (Å²) in [6, 6.07) is 21.8. The summed E-state index contributed by atoms with van der Waals surface area (Å²) < 4.78 is 0. The molecule has 0 saturated carbocycles. The Hall–Kier alpha value is -2.08. The van der Waals surface area contributed by atoms with Crippen LogP contribution in [0.2, 0.25) is 0 Å². The standard InChI is InChI=1S/C20H20/c1-14(2)17-11-7-12-18(15(17)3)20-13-6-9-16-8-4-5-10-19(16)20/h4-14H,1-3H3. The summed E-state index contributed by atoms with van der Waals surface area (Å²) in [4.78, 5) is 0. The van der Waals surface area contributed by atoms with E-state index in [0.29, 0.717) is 5.92 Å². The van der Waals surface area contributed by atoms with Crippen LogP contribution in [-0.2, 0) is 0 Å². The number of benzene rings is 3. The molecule has 0 aliphatic rings. The van der Waals surface area contributed by atoms with Gasteiger partial charge in [0, 0.05) is 0 Å². The molecule has 0 heterocycles. The average Bonchev–Trinajstić information content (AvgIpc) is 2.47. The summed E-state index contributed by atoms with van der Waals surface area (Å²) in [7, 11) is 0. The highest BCUT2D eigenvalue weighted by atomic mass is 14.1. The van der Waals surface area contributed by atoms with Gasteiger partial charge in [0.25, 0.3) is 0 Å². The largest absolute Gasteiger partial charge is 0.0616 e. The second kappa shape index (κ2) is 5.13. The van der Waals surface area contributed by atoms with Crippen molar-refractivity contribution in [3.05, 3.63) is 71.8 Å². The van der Waals surface area contributed by atoms with E-state index in [4.69, 9.17) is 0 Å². The lowest BCUT2D eigenvalue weighted by Crippen LogP contribution is -1.94. The van der Waals surface area contributed by atoms with Crippen LogP contribution in [0.25, 0.3) is 21.9 Å². The SMILES string of the molecule is Cc1c(-c2cccc3ccccc23)cccc1C(C)C. The second-order valence-electron chi connectivity index (χ2n) is 5.70. The zero-order valence-electron chi connectivity index (χ0n) is 12.4. The molecule has 3 rings (SSSR count). The minimum Gasteiger partial charge on any atom is -0.0616 e. The molecule has 0 heteroatoms. The van der Waals surface area contributed by atoms with Crippen LogP contribution in [0.5, 0.6) is 0 Å². The quantitative estimate of drug-likeness (QED) is 0.535. The fraction of sp³-hybridized carbons (Fsp3) is 0.200. The predicted molar refractivity (Wildman–Crippen MR) is 88.2 cm³/mol. The normalized spacial score (nSPS) is 11.2. The molecule has 3 aromatic rings. The van der Waals surface area contributed by atoms with Crippen molar-refractivity contribution >= 4 is 10.8 Å². The Kier molecular flexibility index (Phi) is 3.31. The maximum absolute atomic E-state index is 2.26. The van der Waals surface area contributed by atoms with Crippen LogP contribution in [0.4, 0.5) is 0 Å². The van der Waals surface area contributed by atoms with Crippen molar-refractivity contribution in [1.82, 2.24) is 0 Å².